The van der Waals surface area contributed by atoms with Gasteiger partial charge in [0.1, 0.15) is 13.2 Å². The first-order valence-corrected chi connectivity index (χ1v) is 8.76. The summed E-state index contributed by atoms with van der Waals surface area (Å²) >= 11 is 0. The summed E-state index contributed by atoms with van der Waals surface area (Å²) in [6.07, 6.45) is 4.54. The van der Waals surface area contributed by atoms with Crippen LogP contribution < -0.4 is 10.6 Å². The second kappa shape index (κ2) is 11.6. The molecule has 0 aliphatic rings. The SMILES string of the molecule is CCCC[C@H](CC)CNC(=O)COCC(=O)Nc1ccc(C)cc1. The number of nitrogens with one attached hydrogen (secondary N) is 2. The summed E-state index contributed by atoms with van der Waals surface area (Å²) in [6, 6.07) is 7.52. The number of benzene rings is 1. The van der Waals surface area contributed by atoms with Crippen LogP contribution in [0, 0.1) is 12.8 Å². The van der Waals surface area contributed by atoms with Gasteiger partial charge in [-0.1, -0.05) is 50.8 Å². The normalized spacial score (nSPS) is 11.8. The van der Waals surface area contributed by atoms with Crippen LogP contribution in [0.3, 0.4) is 0 Å². The minimum absolute atomic E-state index is 0.0917. The van der Waals surface area contributed by atoms with E-state index in [1.54, 1.807) is 0 Å². The second-order valence-corrected chi connectivity index (χ2v) is 6.13. The van der Waals surface area contributed by atoms with Crippen LogP contribution in [0.2, 0.25) is 0 Å². The van der Waals surface area contributed by atoms with Gasteiger partial charge in [-0.25, -0.2) is 0 Å². The average molecular weight is 334 g/mol. The lowest BCUT2D eigenvalue weighted by molar-refractivity contribution is -0.128. The lowest BCUT2D eigenvalue weighted by Gasteiger charge is -2.15. The summed E-state index contributed by atoms with van der Waals surface area (Å²) in [5, 5.41) is 5.61. The molecule has 0 aliphatic heterocycles. The fourth-order valence-corrected chi connectivity index (χ4v) is 2.32. The Kier molecular flexibility index (Phi) is 9.77. The van der Waals surface area contributed by atoms with Crippen molar-refractivity contribution in [2.75, 3.05) is 25.1 Å². The van der Waals surface area contributed by atoms with Crippen molar-refractivity contribution < 1.29 is 14.3 Å². The maximum absolute atomic E-state index is 11.7. The lowest BCUT2D eigenvalue weighted by atomic mass is 9.99. The third-order valence-electron chi connectivity index (χ3n) is 3.93. The molecule has 1 atom stereocenters. The highest BCUT2D eigenvalue weighted by Crippen LogP contribution is 2.11. The maximum atomic E-state index is 11.7. The smallest absolute Gasteiger partial charge is 0.250 e. The minimum atomic E-state index is -0.263. The number of anilines is 1. The summed E-state index contributed by atoms with van der Waals surface area (Å²) in [5.41, 5.74) is 1.85. The highest BCUT2D eigenvalue weighted by Gasteiger charge is 2.09. The van der Waals surface area contributed by atoms with Crippen LogP contribution in [0.1, 0.15) is 45.1 Å². The fraction of sp³-hybridized carbons (Fsp3) is 0.579. The largest absolute Gasteiger partial charge is 0.362 e. The van der Waals surface area contributed by atoms with Crippen molar-refractivity contribution >= 4 is 17.5 Å². The molecule has 0 radical (unpaired) electrons. The number of carbonyl (C=O) groups excluding carboxylic acids is 2. The zero-order valence-corrected chi connectivity index (χ0v) is 15.1. The quantitative estimate of drug-likeness (QED) is 0.652. The third-order valence-corrected chi connectivity index (χ3v) is 3.93. The summed E-state index contributed by atoms with van der Waals surface area (Å²) in [6.45, 7) is 6.74. The number of hydrogen-bond donors (Lipinski definition) is 2. The molecule has 24 heavy (non-hydrogen) atoms. The van der Waals surface area contributed by atoms with E-state index in [0.29, 0.717) is 12.5 Å². The second-order valence-electron chi connectivity index (χ2n) is 6.13. The average Bonchev–Trinajstić information content (AvgIpc) is 2.57. The predicted molar refractivity (Wildman–Crippen MR) is 96.9 cm³/mol. The Morgan fingerprint density at radius 1 is 1.08 bits per heavy atom. The highest BCUT2D eigenvalue weighted by atomic mass is 16.5. The van der Waals surface area contributed by atoms with Crippen molar-refractivity contribution in [1.82, 2.24) is 5.32 Å². The van der Waals surface area contributed by atoms with Gasteiger partial charge in [0.2, 0.25) is 11.8 Å². The Morgan fingerprint density at radius 2 is 1.75 bits per heavy atom. The molecule has 1 rings (SSSR count). The van der Waals surface area contributed by atoms with Crippen molar-refractivity contribution in [1.29, 1.82) is 0 Å². The van der Waals surface area contributed by atoms with E-state index in [-0.39, 0.29) is 25.0 Å². The number of aryl methyl sites for hydroxylation is 1. The van der Waals surface area contributed by atoms with Crippen LogP contribution in [0.5, 0.6) is 0 Å². The topological polar surface area (TPSA) is 67.4 Å². The number of amides is 2. The van der Waals surface area contributed by atoms with Crippen LogP contribution in [-0.2, 0) is 14.3 Å². The Bertz CT molecular complexity index is 500. The monoisotopic (exact) mass is 334 g/mol. The van der Waals surface area contributed by atoms with Gasteiger partial charge in [0.15, 0.2) is 0 Å². The summed E-state index contributed by atoms with van der Waals surface area (Å²) in [7, 11) is 0. The molecule has 0 spiro atoms. The van der Waals surface area contributed by atoms with E-state index in [1.807, 2.05) is 31.2 Å². The van der Waals surface area contributed by atoms with Gasteiger partial charge < -0.3 is 15.4 Å². The van der Waals surface area contributed by atoms with Crippen LogP contribution in [0.4, 0.5) is 5.69 Å². The van der Waals surface area contributed by atoms with E-state index >= 15 is 0 Å². The van der Waals surface area contributed by atoms with E-state index < -0.39 is 0 Å². The number of unbranched alkanes of at least 4 members (excludes halogenated alkanes) is 1. The molecule has 2 amide bonds. The van der Waals surface area contributed by atoms with Gasteiger partial charge >= 0.3 is 0 Å². The van der Waals surface area contributed by atoms with Gasteiger partial charge in [-0.15, -0.1) is 0 Å². The van der Waals surface area contributed by atoms with Gasteiger partial charge in [0.05, 0.1) is 0 Å². The molecule has 2 N–H and O–H groups in total. The van der Waals surface area contributed by atoms with E-state index in [0.717, 1.165) is 24.1 Å². The number of carbonyl (C=O) groups is 2. The van der Waals surface area contributed by atoms with Crippen molar-refractivity contribution in [3.05, 3.63) is 29.8 Å². The number of rotatable bonds is 11. The standard InChI is InChI=1S/C19H30N2O3/c1-4-6-7-16(5-2)12-20-18(22)13-24-14-19(23)21-17-10-8-15(3)9-11-17/h8-11,16H,4-7,12-14H2,1-3H3,(H,20,22)(H,21,23)/t16-/m0/s1. The van der Waals surface area contributed by atoms with Crippen molar-refractivity contribution in [2.24, 2.45) is 5.92 Å². The molecular formula is C19H30N2O3. The molecule has 5 heteroatoms. The third kappa shape index (κ3) is 8.67. The molecule has 0 saturated heterocycles. The Hall–Kier alpha value is -1.88. The number of ether oxygens (including phenoxy) is 1. The maximum Gasteiger partial charge on any atom is 0.250 e. The highest BCUT2D eigenvalue weighted by molar-refractivity contribution is 5.91. The van der Waals surface area contributed by atoms with Gasteiger partial charge in [-0.05, 0) is 31.4 Å². The molecule has 0 heterocycles. The molecule has 0 unspecified atom stereocenters. The Morgan fingerprint density at radius 3 is 2.38 bits per heavy atom. The molecule has 1 aromatic carbocycles. The van der Waals surface area contributed by atoms with Crippen molar-refractivity contribution in [2.45, 2.75) is 46.5 Å². The molecule has 1 aromatic rings. The molecule has 0 aliphatic carbocycles. The van der Waals surface area contributed by atoms with Crippen molar-refractivity contribution in [3.63, 3.8) is 0 Å². The lowest BCUT2D eigenvalue weighted by Crippen LogP contribution is -2.33. The summed E-state index contributed by atoms with van der Waals surface area (Å²) < 4.78 is 5.18. The van der Waals surface area contributed by atoms with E-state index in [4.69, 9.17) is 4.74 Å². The van der Waals surface area contributed by atoms with Crippen LogP contribution in [0.15, 0.2) is 24.3 Å². The molecule has 0 aromatic heterocycles. The van der Waals surface area contributed by atoms with E-state index in [9.17, 15) is 9.59 Å². The summed E-state index contributed by atoms with van der Waals surface area (Å²) in [4.78, 5) is 23.5. The van der Waals surface area contributed by atoms with Gasteiger partial charge in [-0.3, -0.25) is 9.59 Å². The van der Waals surface area contributed by atoms with E-state index in [2.05, 4.69) is 24.5 Å². The predicted octanol–water partition coefficient (Wildman–Crippen LogP) is 3.28. The van der Waals surface area contributed by atoms with Gasteiger partial charge in [0, 0.05) is 12.2 Å². The molecule has 0 fully saturated rings. The first-order chi connectivity index (χ1) is 11.5. The zero-order chi connectivity index (χ0) is 17.8. The van der Waals surface area contributed by atoms with Crippen molar-refractivity contribution in [3.8, 4) is 0 Å². The van der Waals surface area contributed by atoms with E-state index in [1.165, 1.54) is 12.8 Å². The molecule has 134 valence electrons. The zero-order valence-electron chi connectivity index (χ0n) is 15.1. The minimum Gasteiger partial charge on any atom is -0.362 e. The van der Waals surface area contributed by atoms with Crippen LogP contribution in [0.25, 0.3) is 0 Å². The Labute approximate surface area is 145 Å². The van der Waals surface area contributed by atoms with Gasteiger partial charge in [0.25, 0.3) is 0 Å². The Balaban J connectivity index is 2.17. The molecular weight excluding hydrogens is 304 g/mol. The molecule has 0 bridgehead atoms. The molecule has 5 nitrogen and oxygen atoms in total. The summed E-state index contributed by atoms with van der Waals surface area (Å²) in [5.74, 6) is 0.0767. The van der Waals surface area contributed by atoms with Crippen LogP contribution >= 0.6 is 0 Å². The van der Waals surface area contributed by atoms with Gasteiger partial charge in [-0.2, -0.15) is 0 Å². The van der Waals surface area contributed by atoms with Crippen LogP contribution in [-0.4, -0.2) is 31.6 Å². The molecule has 0 saturated carbocycles. The number of hydrogen-bond acceptors (Lipinski definition) is 3. The first kappa shape index (κ1) is 20.2. The fourth-order valence-electron chi connectivity index (χ4n) is 2.32. The first-order valence-electron chi connectivity index (χ1n) is 8.76.